The Morgan fingerprint density at radius 1 is 1.03 bits per heavy atom. The highest BCUT2D eigenvalue weighted by Gasteiger charge is 2.28. The number of allylic oxidation sites excluding steroid dienone is 1. The number of rotatable bonds is 5. The Balaban J connectivity index is 0.00000240. The van der Waals surface area contributed by atoms with Crippen molar-refractivity contribution in [1.29, 1.82) is 0 Å². The molecule has 2 fully saturated rings. The van der Waals surface area contributed by atoms with Gasteiger partial charge in [-0.3, -0.25) is 0 Å². The van der Waals surface area contributed by atoms with E-state index in [4.69, 9.17) is 9.97 Å². The van der Waals surface area contributed by atoms with Crippen molar-refractivity contribution >= 4 is 28.7 Å². The molecule has 0 amide bonds. The summed E-state index contributed by atoms with van der Waals surface area (Å²) in [6, 6.07) is 6.07. The maximum absolute atomic E-state index is 4.97. The van der Waals surface area contributed by atoms with E-state index in [0.717, 1.165) is 72.3 Å². The number of nitrogens with zero attached hydrogens (tertiary/aromatic N) is 8. The number of pyridine rings is 1. The quantitative estimate of drug-likeness (QED) is 0.477. The second-order valence-corrected chi connectivity index (χ2v) is 9.65. The van der Waals surface area contributed by atoms with Crippen LogP contribution in [0.5, 0.6) is 0 Å². The van der Waals surface area contributed by atoms with Gasteiger partial charge in [0.15, 0.2) is 5.65 Å². The lowest BCUT2D eigenvalue weighted by atomic mass is 10.1. The normalized spacial score (nSPS) is 18.1. The van der Waals surface area contributed by atoms with E-state index in [2.05, 4.69) is 49.4 Å². The molecule has 7 rings (SSSR count). The fourth-order valence-corrected chi connectivity index (χ4v) is 4.96. The van der Waals surface area contributed by atoms with Gasteiger partial charge in [-0.25, -0.2) is 24.5 Å². The first-order valence-corrected chi connectivity index (χ1v) is 12.3. The second-order valence-electron chi connectivity index (χ2n) is 9.65. The number of anilines is 3. The third-order valence-corrected chi connectivity index (χ3v) is 7.18. The Morgan fingerprint density at radius 3 is 2.77 bits per heavy atom. The highest BCUT2D eigenvalue weighted by atomic mass is 15.3. The van der Waals surface area contributed by atoms with Crippen LogP contribution in [0.15, 0.2) is 49.1 Å². The third-order valence-electron chi connectivity index (χ3n) is 7.18. The zero-order valence-corrected chi connectivity index (χ0v) is 19.7. The molecule has 1 aliphatic heterocycles. The van der Waals surface area contributed by atoms with Crippen LogP contribution in [-0.4, -0.2) is 67.7 Å². The molecule has 35 heavy (non-hydrogen) atoms. The molecule has 0 atom stereocenters. The summed E-state index contributed by atoms with van der Waals surface area (Å²) >= 11 is 0. The van der Waals surface area contributed by atoms with Crippen molar-refractivity contribution in [2.45, 2.75) is 25.2 Å². The van der Waals surface area contributed by atoms with Crippen LogP contribution in [0.4, 0.5) is 17.5 Å². The van der Waals surface area contributed by atoms with Crippen LogP contribution >= 0.6 is 0 Å². The van der Waals surface area contributed by atoms with Gasteiger partial charge in [-0.2, -0.15) is 5.10 Å². The molecule has 1 saturated carbocycles. The molecule has 5 heterocycles. The van der Waals surface area contributed by atoms with Gasteiger partial charge in [0, 0.05) is 81.1 Å². The SMILES string of the molecule is CN1CCN(c2cc(Nc3ncc4c(n3)CC=C4c3ccn4ncc(C5CC5)c4n3)ccn2)CC1.[HH]. The van der Waals surface area contributed by atoms with Gasteiger partial charge in [0.2, 0.25) is 5.95 Å². The van der Waals surface area contributed by atoms with Gasteiger partial charge < -0.3 is 15.1 Å². The Morgan fingerprint density at radius 2 is 1.91 bits per heavy atom. The molecule has 0 spiro atoms. The van der Waals surface area contributed by atoms with Crippen LogP contribution in [0, 0.1) is 0 Å². The van der Waals surface area contributed by atoms with E-state index < -0.39 is 0 Å². The van der Waals surface area contributed by atoms with Crippen LogP contribution in [0.3, 0.4) is 0 Å². The topological polar surface area (TPSA) is 87.4 Å². The monoisotopic (exact) mass is 467 g/mol. The van der Waals surface area contributed by atoms with Crippen LogP contribution < -0.4 is 10.2 Å². The zero-order valence-electron chi connectivity index (χ0n) is 19.7. The number of likely N-dealkylation sites (N-methyl/N-ethyl adjacent to an activating group) is 1. The Hall–Kier alpha value is -3.85. The van der Waals surface area contributed by atoms with Gasteiger partial charge in [0.05, 0.1) is 17.6 Å². The van der Waals surface area contributed by atoms with E-state index in [0.29, 0.717) is 11.9 Å². The molecule has 9 nitrogen and oxygen atoms in total. The van der Waals surface area contributed by atoms with Crippen molar-refractivity contribution < 1.29 is 1.43 Å². The molecule has 0 bridgehead atoms. The summed E-state index contributed by atoms with van der Waals surface area (Å²) < 4.78 is 1.88. The van der Waals surface area contributed by atoms with Crippen molar-refractivity contribution in [3.05, 3.63) is 71.6 Å². The van der Waals surface area contributed by atoms with Crippen molar-refractivity contribution in [3.63, 3.8) is 0 Å². The van der Waals surface area contributed by atoms with Gasteiger partial charge in [0.25, 0.3) is 0 Å². The number of piperazine rings is 1. The smallest absolute Gasteiger partial charge is 0.227 e. The summed E-state index contributed by atoms with van der Waals surface area (Å²) in [7, 11) is 2.16. The predicted molar refractivity (Wildman–Crippen MR) is 137 cm³/mol. The number of hydrogen-bond donors (Lipinski definition) is 1. The molecule has 0 radical (unpaired) electrons. The number of nitrogens with one attached hydrogen (secondary N) is 1. The van der Waals surface area contributed by atoms with Crippen molar-refractivity contribution in [2.24, 2.45) is 0 Å². The minimum atomic E-state index is 0. The van der Waals surface area contributed by atoms with Crippen molar-refractivity contribution in [3.8, 4) is 0 Å². The van der Waals surface area contributed by atoms with E-state index in [1.165, 1.54) is 18.4 Å². The summed E-state index contributed by atoms with van der Waals surface area (Å²) in [5.41, 5.74) is 7.28. The molecular formula is C26H29N9. The number of hydrogen-bond acceptors (Lipinski definition) is 8. The molecule has 1 N–H and O–H groups in total. The summed E-state index contributed by atoms with van der Waals surface area (Å²) in [5, 5.41) is 7.85. The molecule has 4 aromatic rings. The molecular weight excluding hydrogens is 438 g/mol. The van der Waals surface area contributed by atoms with Crippen LogP contribution in [0.1, 0.15) is 42.7 Å². The Kier molecular flexibility index (Phi) is 4.76. The average molecular weight is 468 g/mol. The summed E-state index contributed by atoms with van der Waals surface area (Å²) in [6.07, 6.45) is 13.2. The van der Waals surface area contributed by atoms with Crippen LogP contribution in [-0.2, 0) is 6.42 Å². The number of fused-ring (bicyclic) bond motifs is 2. The van der Waals surface area contributed by atoms with Gasteiger partial charge in [0.1, 0.15) is 5.82 Å². The lowest BCUT2D eigenvalue weighted by Crippen LogP contribution is -2.44. The first-order chi connectivity index (χ1) is 17.2. The van der Waals surface area contributed by atoms with Crippen LogP contribution in [0.25, 0.3) is 11.2 Å². The fraction of sp³-hybridized carbons (Fsp3) is 0.346. The molecule has 0 aromatic carbocycles. The van der Waals surface area contributed by atoms with Gasteiger partial charge in [-0.05, 0) is 37.9 Å². The van der Waals surface area contributed by atoms with Crippen LogP contribution in [0.2, 0.25) is 0 Å². The minimum Gasteiger partial charge on any atom is -0.354 e. The molecule has 178 valence electrons. The van der Waals surface area contributed by atoms with Gasteiger partial charge in [-0.1, -0.05) is 6.08 Å². The van der Waals surface area contributed by atoms with E-state index in [1.54, 1.807) is 0 Å². The van der Waals surface area contributed by atoms with Gasteiger partial charge >= 0.3 is 0 Å². The Bertz CT molecular complexity index is 1450. The average Bonchev–Trinajstić information content (AvgIpc) is 3.50. The molecule has 4 aromatic heterocycles. The molecule has 0 unspecified atom stereocenters. The van der Waals surface area contributed by atoms with Gasteiger partial charge in [-0.15, -0.1) is 0 Å². The van der Waals surface area contributed by atoms with Crippen molar-refractivity contribution in [1.82, 2.24) is 34.4 Å². The zero-order chi connectivity index (χ0) is 23.4. The van der Waals surface area contributed by atoms with Crippen molar-refractivity contribution in [2.75, 3.05) is 43.4 Å². The minimum absolute atomic E-state index is 0. The molecule has 2 aliphatic carbocycles. The van der Waals surface area contributed by atoms with E-state index in [1.807, 2.05) is 41.4 Å². The molecule has 3 aliphatic rings. The lowest BCUT2D eigenvalue weighted by Gasteiger charge is -2.33. The maximum atomic E-state index is 4.97. The number of aromatic nitrogens is 6. The van der Waals surface area contributed by atoms with E-state index >= 15 is 0 Å². The Labute approximate surface area is 205 Å². The molecule has 9 heteroatoms. The largest absolute Gasteiger partial charge is 0.354 e. The maximum Gasteiger partial charge on any atom is 0.227 e. The third kappa shape index (κ3) is 3.81. The fourth-order valence-electron chi connectivity index (χ4n) is 4.96. The van der Waals surface area contributed by atoms with E-state index in [9.17, 15) is 0 Å². The standard InChI is InChI=1S/C26H27N9.H2/c1-33-10-12-34(13-11-33)24-14-18(6-8-27-24)30-26-28-15-21-19(4-5-22(21)32-26)23-7-9-35-25(31-23)20(16-29-35)17-2-3-17;/h4,6-9,14-17H,2-3,5,10-13H2,1H3,(H,27,28,30,32);1H. The highest BCUT2D eigenvalue weighted by molar-refractivity contribution is 5.83. The summed E-state index contributed by atoms with van der Waals surface area (Å²) in [5.74, 6) is 2.20. The first kappa shape index (κ1) is 20.5. The highest BCUT2D eigenvalue weighted by Crippen LogP contribution is 2.42. The molecule has 1 saturated heterocycles. The van der Waals surface area contributed by atoms with E-state index in [-0.39, 0.29) is 1.43 Å². The first-order valence-electron chi connectivity index (χ1n) is 12.3. The lowest BCUT2D eigenvalue weighted by molar-refractivity contribution is 0.312. The summed E-state index contributed by atoms with van der Waals surface area (Å²) in [6.45, 7) is 4.07. The summed E-state index contributed by atoms with van der Waals surface area (Å²) in [4.78, 5) is 23.7. The predicted octanol–water partition coefficient (Wildman–Crippen LogP) is 3.52. The second kappa shape index (κ2) is 8.13.